The topological polar surface area (TPSA) is 96.5 Å². The van der Waals surface area contributed by atoms with Crippen molar-refractivity contribution in [2.75, 3.05) is 0 Å². The molecule has 2 heterocycles. The van der Waals surface area contributed by atoms with E-state index in [9.17, 15) is 15.0 Å². The van der Waals surface area contributed by atoms with Crippen molar-refractivity contribution in [2.24, 2.45) is 0 Å². The maximum Gasteiger partial charge on any atom is 0.318 e. The molecular formula is C18H16N2O4. The van der Waals surface area contributed by atoms with Crippen LogP contribution in [0.2, 0.25) is 0 Å². The Labute approximate surface area is 138 Å². The number of carbonyl (C=O) groups is 1. The van der Waals surface area contributed by atoms with Gasteiger partial charge in [-0.25, -0.2) is 9.97 Å². The first-order valence-electron chi connectivity index (χ1n) is 7.35. The van der Waals surface area contributed by atoms with Gasteiger partial charge < -0.3 is 14.6 Å². The smallest absolute Gasteiger partial charge is 0.318 e. The molecule has 0 unspecified atom stereocenters. The van der Waals surface area contributed by atoms with Crippen molar-refractivity contribution >= 4 is 5.97 Å². The van der Waals surface area contributed by atoms with Crippen LogP contribution in [0, 0.1) is 0 Å². The van der Waals surface area contributed by atoms with Gasteiger partial charge in [-0.1, -0.05) is 30.3 Å². The minimum Gasteiger partial charge on any atom is -0.493 e. The molecule has 0 saturated heterocycles. The van der Waals surface area contributed by atoms with E-state index in [1.807, 2.05) is 30.3 Å². The van der Waals surface area contributed by atoms with Crippen molar-refractivity contribution in [3.8, 4) is 28.5 Å². The highest BCUT2D eigenvalue weighted by Gasteiger charge is 2.36. The lowest BCUT2D eigenvalue weighted by Crippen LogP contribution is -2.28. The first-order chi connectivity index (χ1) is 11.4. The molecule has 1 aromatic carbocycles. The molecular weight excluding hydrogens is 308 g/mol. The van der Waals surface area contributed by atoms with Gasteiger partial charge in [0, 0.05) is 11.8 Å². The molecule has 0 saturated carbocycles. The molecule has 0 atom stereocenters. The Morgan fingerprint density at radius 1 is 1.12 bits per heavy atom. The molecule has 2 N–H and O–H groups in total. The number of pyridine rings is 1. The van der Waals surface area contributed by atoms with E-state index in [1.165, 1.54) is 20.0 Å². The molecule has 0 bridgehead atoms. The normalized spacial score (nSPS) is 11.4. The average molecular weight is 324 g/mol. The maximum atomic E-state index is 11.5. The first kappa shape index (κ1) is 15.7. The maximum absolute atomic E-state index is 11.5. The number of aliphatic carboxylic acids is 1. The molecule has 3 aromatic rings. The van der Waals surface area contributed by atoms with E-state index in [0.29, 0.717) is 11.3 Å². The summed E-state index contributed by atoms with van der Waals surface area (Å²) in [5, 5.41) is 19.5. The molecule has 24 heavy (non-hydrogen) atoms. The van der Waals surface area contributed by atoms with Crippen LogP contribution >= 0.6 is 0 Å². The van der Waals surface area contributed by atoms with Crippen LogP contribution in [0.3, 0.4) is 0 Å². The van der Waals surface area contributed by atoms with E-state index in [0.717, 1.165) is 5.56 Å². The number of nitrogens with zero attached hydrogens (tertiary/aromatic N) is 2. The molecule has 0 aliphatic heterocycles. The summed E-state index contributed by atoms with van der Waals surface area (Å²) in [6.45, 7) is 3.03. The molecule has 0 aliphatic carbocycles. The number of oxazole rings is 1. The molecule has 6 heteroatoms. The van der Waals surface area contributed by atoms with Crippen LogP contribution in [0.5, 0.6) is 5.88 Å². The third-order valence-corrected chi connectivity index (χ3v) is 3.78. The van der Waals surface area contributed by atoms with Crippen molar-refractivity contribution in [2.45, 2.75) is 19.3 Å². The van der Waals surface area contributed by atoms with Crippen LogP contribution < -0.4 is 0 Å². The molecule has 0 aliphatic rings. The highest BCUT2D eigenvalue weighted by Crippen LogP contribution is 2.38. The summed E-state index contributed by atoms with van der Waals surface area (Å²) in [7, 11) is 0. The molecule has 2 aromatic heterocycles. The van der Waals surface area contributed by atoms with Crippen LogP contribution in [0.25, 0.3) is 22.6 Å². The van der Waals surface area contributed by atoms with Crippen LogP contribution in [0.15, 0.2) is 53.1 Å². The summed E-state index contributed by atoms with van der Waals surface area (Å²) in [5.41, 5.74) is 0.269. The third-order valence-electron chi connectivity index (χ3n) is 3.78. The Hall–Kier alpha value is -3.15. The number of carboxylic acids is 1. The Kier molecular flexibility index (Phi) is 3.81. The van der Waals surface area contributed by atoms with Gasteiger partial charge in [0.2, 0.25) is 11.8 Å². The summed E-state index contributed by atoms with van der Waals surface area (Å²) in [6.07, 6.45) is 1.46. The summed E-state index contributed by atoms with van der Waals surface area (Å²) in [5.74, 6) is -0.904. The van der Waals surface area contributed by atoms with E-state index in [4.69, 9.17) is 4.42 Å². The summed E-state index contributed by atoms with van der Waals surface area (Å²) in [4.78, 5) is 19.8. The van der Waals surface area contributed by atoms with Crippen LogP contribution in [0.1, 0.15) is 19.7 Å². The lowest BCUT2D eigenvalue weighted by atomic mass is 9.94. The van der Waals surface area contributed by atoms with E-state index in [2.05, 4.69) is 9.97 Å². The second-order valence-corrected chi connectivity index (χ2v) is 5.87. The predicted molar refractivity (Wildman–Crippen MR) is 87.5 cm³/mol. The fourth-order valence-corrected chi connectivity index (χ4v) is 2.23. The molecule has 6 nitrogen and oxygen atoms in total. The highest BCUT2D eigenvalue weighted by atomic mass is 16.4. The molecule has 122 valence electrons. The predicted octanol–water partition coefficient (Wildman–Crippen LogP) is 3.47. The van der Waals surface area contributed by atoms with Crippen molar-refractivity contribution in [1.82, 2.24) is 9.97 Å². The fraction of sp³-hybridized carbons (Fsp3) is 0.167. The van der Waals surface area contributed by atoms with Crippen molar-refractivity contribution < 1.29 is 19.4 Å². The molecule has 0 fully saturated rings. The highest BCUT2D eigenvalue weighted by molar-refractivity contribution is 5.82. The second kappa shape index (κ2) is 5.81. The minimum absolute atomic E-state index is 0.0621. The largest absolute Gasteiger partial charge is 0.493 e. The van der Waals surface area contributed by atoms with Gasteiger partial charge in [0.05, 0.1) is 5.56 Å². The Bertz CT molecular complexity index is 885. The Morgan fingerprint density at radius 3 is 2.46 bits per heavy atom. The van der Waals surface area contributed by atoms with Crippen molar-refractivity contribution in [1.29, 1.82) is 0 Å². The summed E-state index contributed by atoms with van der Waals surface area (Å²) < 4.78 is 5.77. The van der Waals surface area contributed by atoms with Gasteiger partial charge in [-0.15, -0.1) is 0 Å². The van der Waals surface area contributed by atoms with Gasteiger partial charge in [-0.3, -0.25) is 4.79 Å². The first-order valence-corrected chi connectivity index (χ1v) is 7.35. The molecule has 0 amide bonds. The summed E-state index contributed by atoms with van der Waals surface area (Å²) >= 11 is 0. The van der Waals surface area contributed by atoms with Crippen LogP contribution in [-0.4, -0.2) is 26.2 Å². The van der Waals surface area contributed by atoms with E-state index in [1.54, 1.807) is 12.1 Å². The number of aromatic hydroxyl groups is 1. The van der Waals surface area contributed by atoms with E-state index >= 15 is 0 Å². The zero-order valence-corrected chi connectivity index (χ0v) is 13.2. The number of hydrogen-bond acceptors (Lipinski definition) is 5. The number of benzene rings is 1. The number of aromatic nitrogens is 2. The number of rotatable bonds is 4. The van der Waals surface area contributed by atoms with Gasteiger partial charge in [0.1, 0.15) is 11.1 Å². The fourth-order valence-electron chi connectivity index (χ4n) is 2.23. The lowest BCUT2D eigenvalue weighted by Gasteiger charge is -2.13. The summed E-state index contributed by atoms with van der Waals surface area (Å²) in [6, 6.07) is 12.5. The van der Waals surface area contributed by atoms with E-state index in [-0.39, 0.29) is 17.5 Å². The lowest BCUT2D eigenvalue weighted by molar-refractivity contribution is -0.143. The number of carboxylic acid groups (broad SMARTS) is 1. The molecule has 0 spiro atoms. The third kappa shape index (κ3) is 2.62. The van der Waals surface area contributed by atoms with Crippen molar-refractivity contribution in [3.63, 3.8) is 0 Å². The van der Waals surface area contributed by atoms with Gasteiger partial charge in [-0.2, -0.15) is 0 Å². The quantitative estimate of drug-likeness (QED) is 0.763. The van der Waals surface area contributed by atoms with Crippen molar-refractivity contribution in [3.05, 3.63) is 54.6 Å². The number of hydrogen-bond donors (Lipinski definition) is 2. The van der Waals surface area contributed by atoms with Gasteiger partial charge in [0.25, 0.3) is 0 Å². The molecule has 3 rings (SSSR count). The Balaban J connectivity index is 2.26. The van der Waals surface area contributed by atoms with Crippen LogP contribution in [0.4, 0.5) is 0 Å². The zero-order chi connectivity index (χ0) is 17.3. The average Bonchev–Trinajstić information content (AvgIpc) is 3.01. The van der Waals surface area contributed by atoms with E-state index < -0.39 is 11.4 Å². The Morgan fingerprint density at radius 2 is 1.83 bits per heavy atom. The molecule has 0 radical (unpaired) electrons. The second-order valence-electron chi connectivity index (χ2n) is 5.87. The van der Waals surface area contributed by atoms with Gasteiger partial charge >= 0.3 is 5.97 Å². The minimum atomic E-state index is -1.31. The zero-order valence-electron chi connectivity index (χ0n) is 13.2. The van der Waals surface area contributed by atoms with Gasteiger partial charge in [-0.05, 0) is 26.0 Å². The standard InChI is InChI=1S/C18H16N2O4/c1-18(2,17(22)23)16-20-13(11-7-4-3-5-8-11)14(24-16)12-9-6-10-19-15(12)21/h3-10H,1-2H3,(H,19,21)(H,22,23). The SMILES string of the molecule is CC(C)(C(=O)O)c1nc(-c2ccccc2)c(-c2cccnc2O)o1. The monoisotopic (exact) mass is 324 g/mol. The van der Waals surface area contributed by atoms with Crippen LogP contribution in [-0.2, 0) is 10.2 Å². The van der Waals surface area contributed by atoms with Gasteiger partial charge in [0.15, 0.2) is 5.76 Å².